The Hall–Kier alpha value is -2.34. The summed E-state index contributed by atoms with van der Waals surface area (Å²) < 4.78 is 2.33. The average Bonchev–Trinajstić information content (AvgIpc) is 2.53. The fourth-order valence-electron chi connectivity index (χ4n) is 2.05. The van der Waals surface area contributed by atoms with Crippen molar-refractivity contribution in [3.05, 3.63) is 62.4 Å². The van der Waals surface area contributed by atoms with Gasteiger partial charge in [0.1, 0.15) is 6.54 Å². The number of unbranched alkanes of at least 4 members (excludes halogenated alkanes) is 1. The standard InChI is InChI=1S/C16H18ClN3O3/c1-2-3-8-18-14(21)11-19-9-10-20(16(23)15(19)22)13-6-4-12(17)5-7-13/h4-7,9-10H,2-3,8,11H2,1H3,(H,18,21). The lowest BCUT2D eigenvalue weighted by Crippen LogP contribution is -2.42. The molecule has 1 amide bonds. The third kappa shape index (κ3) is 4.32. The third-order valence-corrected chi connectivity index (χ3v) is 3.58. The van der Waals surface area contributed by atoms with E-state index >= 15 is 0 Å². The van der Waals surface area contributed by atoms with E-state index in [2.05, 4.69) is 5.32 Å². The number of amides is 1. The van der Waals surface area contributed by atoms with Crippen molar-refractivity contribution < 1.29 is 4.79 Å². The van der Waals surface area contributed by atoms with Gasteiger partial charge in [-0.1, -0.05) is 24.9 Å². The monoisotopic (exact) mass is 335 g/mol. The zero-order valence-corrected chi connectivity index (χ0v) is 13.5. The SMILES string of the molecule is CCCCNC(=O)Cn1ccn(-c2ccc(Cl)cc2)c(=O)c1=O. The number of rotatable bonds is 6. The van der Waals surface area contributed by atoms with Crippen molar-refractivity contribution in [2.24, 2.45) is 0 Å². The quantitative estimate of drug-likeness (QED) is 0.643. The molecule has 6 nitrogen and oxygen atoms in total. The third-order valence-electron chi connectivity index (χ3n) is 3.33. The molecule has 0 radical (unpaired) electrons. The number of halogens is 1. The zero-order chi connectivity index (χ0) is 16.8. The van der Waals surface area contributed by atoms with E-state index in [-0.39, 0.29) is 12.5 Å². The Morgan fingerprint density at radius 1 is 1.13 bits per heavy atom. The minimum absolute atomic E-state index is 0.167. The Morgan fingerprint density at radius 3 is 2.48 bits per heavy atom. The van der Waals surface area contributed by atoms with Crippen LogP contribution in [-0.2, 0) is 11.3 Å². The van der Waals surface area contributed by atoms with Crippen molar-refractivity contribution in [2.75, 3.05) is 6.54 Å². The van der Waals surface area contributed by atoms with E-state index in [9.17, 15) is 14.4 Å². The molecule has 23 heavy (non-hydrogen) atoms. The van der Waals surface area contributed by atoms with E-state index in [4.69, 9.17) is 11.6 Å². The predicted molar refractivity (Wildman–Crippen MR) is 89.2 cm³/mol. The van der Waals surface area contributed by atoms with Crippen LogP contribution >= 0.6 is 11.6 Å². The number of aromatic nitrogens is 2. The van der Waals surface area contributed by atoms with Crippen LogP contribution in [0.15, 0.2) is 46.2 Å². The summed E-state index contributed by atoms with van der Waals surface area (Å²) in [6, 6.07) is 6.56. The Labute approximate surface area is 138 Å². The molecule has 0 saturated heterocycles. The summed E-state index contributed by atoms with van der Waals surface area (Å²) in [6.45, 7) is 2.41. The molecule has 0 aliphatic heterocycles. The smallest absolute Gasteiger partial charge is 0.320 e. The first-order valence-electron chi connectivity index (χ1n) is 7.37. The molecule has 0 unspecified atom stereocenters. The van der Waals surface area contributed by atoms with E-state index in [0.29, 0.717) is 17.3 Å². The lowest BCUT2D eigenvalue weighted by atomic mass is 10.3. The predicted octanol–water partition coefficient (Wildman–Crippen LogP) is 1.57. The molecule has 122 valence electrons. The molecule has 0 aliphatic rings. The summed E-state index contributed by atoms with van der Waals surface area (Å²) in [6.07, 6.45) is 4.74. The molecular formula is C16H18ClN3O3. The van der Waals surface area contributed by atoms with E-state index in [1.165, 1.54) is 17.0 Å². The van der Waals surface area contributed by atoms with Gasteiger partial charge in [0, 0.05) is 29.6 Å². The normalized spacial score (nSPS) is 10.5. The topological polar surface area (TPSA) is 73.1 Å². The lowest BCUT2D eigenvalue weighted by molar-refractivity contribution is -0.121. The number of nitrogens with zero attached hydrogens (tertiary/aromatic N) is 2. The average molecular weight is 336 g/mol. The second-order valence-electron chi connectivity index (χ2n) is 5.09. The summed E-state index contributed by atoms with van der Waals surface area (Å²) in [5.41, 5.74) is -0.916. The molecule has 1 aromatic carbocycles. The molecule has 1 heterocycles. The van der Waals surface area contributed by atoms with Crippen LogP contribution in [0.5, 0.6) is 0 Å². The molecule has 0 bridgehead atoms. The van der Waals surface area contributed by atoms with Gasteiger partial charge in [-0.25, -0.2) is 0 Å². The molecule has 0 aliphatic carbocycles. The van der Waals surface area contributed by atoms with Crippen molar-refractivity contribution in [2.45, 2.75) is 26.3 Å². The highest BCUT2D eigenvalue weighted by molar-refractivity contribution is 6.30. The minimum atomic E-state index is -0.743. The van der Waals surface area contributed by atoms with Crippen molar-refractivity contribution in [3.63, 3.8) is 0 Å². The van der Waals surface area contributed by atoms with Crippen LogP contribution in [0.4, 0.5) is 0 Å². The van der Waals surface area contributed by atoms with Gasteiger partial charge >= 0.3 is 11.1 Å². The summed E-state index contributed by atoms with van der Waals surface area (Å²) in [7, 11) is 0. The summed E-state index contributed by atoms with van der Waals surface area (Å²) in [4.78, 5) is 36.0. The van der Waals surface area contributed by atoms with Gasteiger partial charge in [0.05, 0.1) is 0 Å². The number of hydrogen-bond donors (Lipinski definition) is 1. The molecule has 1 N–H and O–H groups in total. The molecule has 7 heteroatoms. The van der Waals surface area contributed by atoms with Crippen molar-refractivity contribution in [1.29, 1.82) is 0 Å². The summed E-state index contributed by atoms with van der Waals surface area (Å²) >= 11 is 5.81. The molecule has 0 saturated carbocycles. The van der Waals surface area contributed by atoms with Crippen LogP contribution in [0.3, 0.4) is 0 Å². The number of hydrogen-bond acceptors (Lipinski definition) is 3. The largest absolute Gasteiger partial charge is 0.355 e. The number of nitrogens with one attached hydrogen (secondary N) is 1. The molecule has 0 atom stereocenters. The first kappa shape index (κ1) is 17.0. The Balaban J connectivity index is 2.21. The molecule has 1 aromatic heterocycles. The highest BCUT2D eigenvalue weighted by Crippen LogP contribution is 2.11. The summed E-state index contributed by atoms with van der Waals surface area (Å²) in [5, 5.41) is 3.25. The lowest BCUT2D eigenvalue weighted by Gasteiger charge is -2.09. The first-order valence-corrected chi connectivity index (χ1v) is 7.75. The molecule has 0 fully saturated rings. The fraction of sp³-hybridized carbons (Fsp3) is 0.312. The van der Waals surface area contributed by atoms with E-state index in [1.807, 2.05) is 6.92 Å². The maximum atomic E-state index is 12.2. The second kappa shape index (κ2) is 7.78. The molecular weight excluding hydrogens is 318 g/mol. The first-order chi connectivity index (χ1) is 11.0. The van der Waals surface area contributed by atoms with Gasteiger partial charge in [-0.15, -0.1) is 0 Å². The molecule has 2 rings (SSSR count). The Morgan fingerprint density at radius 2 is 1.83 bits per heavy atom. The van der Waals surface area contributed by atoms with Crippen molar-refractivity contribution in [1.82, 2.24) is 14.5 Å². The van der Waals surface area contributed by atoms with Crippen molar-refractivity contribution >= 4 is 17.5 Å². The molecule has 2 aromatic rings. The van der Waals surface area contributed by atoms with Gasteiger partial charge in [0.2, 0.25) is 5.91 Å². The van der Waals surface area contributed by atoms with E-state index in [0.717, 1.165) is 17.4 Å². The van der Waals surface area contributed by atoms with E-state index < -0.39 is 11.1 Å². The number of carbonyl (C=O) groups is 1. The minimum Gasteiger partial charge on any atom is -0.355 e. The molecule has 0 spiro atoms. The highest BCUT2D eigenvalue weighted by atomic mass is 35.5. The van der Waals surface area contributed by atoms with Gasteiger partial charge in [-0.2, -0.15) is 0 Å². The van der Waals surface area contributed by atoms with Crippen LogP contribution in [0, 0.1) is 0 Å². The van der Waals surface area contributed by atoms with Crippen LogP contribution in [-0.4, -0.2) is 21.6 Å². The Bertz CT molecular complexity index is 793. The van der Waals surface area contributed by atoms with Crippen LogP contribution in [0.25, 0.3) is 5.69 Å². The fourth-order valence-corrected chi connectivity index (χ4v) is 2.18. The second-order valence-corrected chi connectivity index (χ2v) is 5.52. The van der Waals surface area contributed by atoms with Gasteiger partial charge in [0.15, 0.2) is 0 Å². The zero-order valence-electron chi connectivity index (χ0n) is 12.8. The van der Waals surface area contributed by atoms with Gasteiger partial charge in [-0.3, -0.25) is 23.5 Å². The maximum absolute atomic E-state index is 12.2. The maximum Gasteiger partial charge on any atom is 0.320 e. The van der Waals surface area contributed by atoms with Gasteiger partial charge in [-0.05, 0) is 30.7 Å². The van der Waals surface area contributed by atoms with Crippen LogP contribution < -0.4 is 16.4 Å². The van der Waals surface area contributed by atoms with Crippen molar-refractivity contribution in [3.8, 4) is 5.69 Å². The van der Waals surface area contributed by atoms with E-state index in [1.54, 1.807) is 24.3 Å². The number of carbonyl (C=O) groups excluding carboxylic acids is 1. The highest BCUT2D eigenvalue weighted by Gasteiger charge is 2.09. The number of benzene rings is 1. The van der Waals surface area contributed by atoms with Crippen LogP contribution in [0.2, 0.25) is 5.02 Å². The van der Waals surface area contributed by atoms with Gasteiger partial charge in [0.25, 0.3) is 0 Å². The van der Waals surface area contributed by atoms with Gasteiger partial charge < -0.3 is 5.32 Å². The Kier molecular flexibility index (Phi) is 5.76. The summed E-state index contributed by atoms with van der Waals surface area (Å²) in [5.74, 6) is -0.288. The van der Waals surface area contributed by atoms with Crippen LogP contribution in [0.1, 0.15) is 19.8 Å².